The predicted molar refractivity (Wildman–Crippen MR) is 79.5 cm³/mol. The molecule has 22 heavy (non-hydrogen) atoms. The number of amides is 2. The average Bonchev–Trinajstić information content (AvgIpc) is 2.94. The molecule has 0 spiro atoms. The number of anilines is 2. The zero-order valence-corrected chi connectivity index (χ0v) is 11.6. The molecule has 1 aliphatic rings. The Morgan fingerprint density at radius 3 is 2.73 bits per heavy atom. The lowest BCUT2D eigenvalue weighted by atomic mass is 10.2. The Morgan fingerprint density at radius 2 is 2.00 bits per heavy atom. The summed E-state index contributed by atoms with van der Waals surface area (Å²) < 4.78 is 18.5. The van der Waals surface area contributed by atoms with Crippen molar-refractivity contribution in [1.29, 1.82) is 0 Å². The Hall–Kier alpha value is -2.89. The molecule has 2 aromatic rings. The molecule has 3 rings (SSSR count). The van der Waals surface area contributed by atoms with Gasteiger partial charge in [-0.1, -0.05) is 18.2 Å². The Bertz CT molecular complexity index is 733. The van der Waals surface area contributed by atoms with E-state index in [2.05, 4.69) is 5.32 Å². The molecule has 0 radical (unpaired) electrons. The van der Waals surface area contributed by atoms with Crippen molar-refractivity contribution in [1.82, 2.24) is 0 Å². The molecule has 2 aromatic carbocycles. The van der Waals surface area contributed by atoms with Gasteiger partial charge in [-0.2, -0.15) is 0 Å². The number of cyclic esters (lactones) is 1. The number of nitrogens with zero attached hydrogens (tertiary/aromatic N) is 1. The first-order valence-corrected chi connectivity index (χ1v) is 6.75. The smallest absolute Gasteiger partial charge is 0.414 e. The highest BCUT2D eigenvalue weighted by molar-refractivity contribution is 6.04. The molecule has 0 atom stereocenters. The molecule has 1 fully saturated rings. The number of rotatable bonds is 3. The van der Waals surface area contributed by atoms with E-state index < -0.39 is 17.8 Å². The fraction of sp³-hybridized carbons (Fsp3) is 0.125. The van der Waals surface area contributed by atoms with Crippen molar-refractivity contribution in [2.45, 2.75) is 0 Å². The minimum atomic E-state index is -0.584. The highest BCUT2D eigenvalue weighted by Crippen LogP contribution is 2.23. The largest absolute Gasteiger partial charge is 0.447 e. The van der Waals surface area contributed by atoms with Crippen LogP contribution in [-0.2, 0) is 4.74 Å². The monoisotopic (exact) mass is 300 g/mol. The van der Waals surface area contributed by atoms with Crippen molar-refractivity contribution in [3.05, 3.63) is 59.9 Å². The molecular formula is C16H13FN2O3. The van der Waals surface area contributed by atoms with Crippen LogP contribution in [0.25, 0.3) is 0 Å². The molecule has 0 aromatic heterocycles. The minimum Gasteiger partial charge on any atom is -0.447 e. The Kier molecular flexibility index (Phi) is 3.74. The highest BCUT2D eigenvalue weighted by Gasteiger charge is 2.23. The van der Waals surface area contributed by atoms with Crippen LogP contribution in [-0.4, -0.2) is 25.2 Å². The van der Waals surface area contributed by atoms with Crippen molar-refractivity contribution in [2.24, 2.45) is 0 Å². The molecule has 0 aliphatic carbocycles. The van der Waals surface area contributed by atoms with Gasteiger partial charge in [-0.25, -0.2) is 9.18 Å². The van der Waals surface area contributed by atoms with Gasteiger partial charge in [-0.3, -0.25) is 9.69 Å². The first-order chi connectivity index (χ1) is 10.6. The third kappa shape index (κ3) is 2.76. The quantitative estimate of drug-likeness (QED) is 0.948. The summed E-state index contributed by atoms with van der Waals surface area (Å²) in [7, 11) is 0. The average molecular weight is 300 g/mol. The molecular weight excluding hydrogens is 287 g/mol. The van der Waals surface area contributed by atoms with Crippen LogP contribution < -0.4 is 10.2 Å². The Morgan fingerprint density at radius 1 is 1.18 bits per heavy atom. The number of hydrogen-bond acceptors (Lipinski definition) is 3. The van der Waals surface area contributed by atoms with Crippen LogP contribution in [0.2, 0.25) is 0 Å². The van der Waals surface area contributed by atoms with E-state index in [1.165, 1.54) is 23.1 Å². The Balaban J connectivity index is 1.80. The zero-order valence-electron chi connectivity index (χ0n) is 11.6. The summed E-state index contributed by atoms with van der Waals surface area (Å²) in [4.78, 5) is 25.1. The van der Waals surface area contributed by atoms with Gasteiger partial charge in [0.05, 0.1) is 12.1 Å². The molecule has 2 amide bonds. The first-order valence-electron chi connectivity index (χ1n) is 6.75. The molecule has 1 saturated heterocycles. The van der Waals surface area contributed by atoms with Crippen molar-refractivity contribution in [2.75, 3.05) is 23.4 Å². The Labute approximate surface area is 126 Å². The maximum absolute atomic E-state index is 13.6. The van der Waals surface area contributed by atoms with Crippen molar-refractivity contribution >= 4 is 23.4 Å². The number of ether oxygens (including phenoxy) is 1. The van der Waals surface area contributed by atoms with Crippen LogP contribution in [0, 0.1) is 5.82 Å². The maximum atomic E-state index is 13.6. The van der Waals surface area contributed by atoms with E-state index in [-0.39, 0.29) is 5.56 Å². The van der Waals surface area contributed by atoms with E-state index >= 15 is 0 Å². The molecule has 5 nitrogen and oxygen atoms in total. The van der Waals surface area contributed by atoms with E-state index in [4.69, 9.17) is 4.74 Å². The van der Waals surface area contributed by atoms with E-state index in [9.17, 15) is 14.0 Å². The van der Waals surface area contributed by atoms with Crippen LogP contribution in [0.15, 0.2) is 48.5 Å². The van der Waals surface area contributed by atoms with E-state index in [0.717, 1.165) is 0 Å². The van der Waals surface area contributed by atoms with Crippen LogP contribution in [0.3, 0.4) is 0 Å². The van der Waals surface area contributed by atoms with Gasteiger partial charge in [0.1, 0.15) is 12.4 Å². The molecule has 112 valence electrons. The fourth-order valence-electron chi connectivity index (χ4n) is 2.22. The van der Waals surface area contributed by atoms with Gasteiger partial charge in [-0.15, -0.1) is 0 Å². The number of carbonyl (C=O) groups excluding carboxylic acids is 2. The van der Waals surface area contributed by atoms with Crippen molar-refractivity contribution < 1.29 is 18.7 Å². The van der Waals surface area contributed by atoms with Crippen molar-refractivity contribution in [3.8, 4) is 0 Å². The van der Waals surface area contributed by atoms with Crippen LogP contribution in [0.1, 0.15) is 10.4 Å². The third-order valence-electron chi connectivity index (χ3n) is 3.29. The maximum Gasteiger partial charge on any atom is 0.414 e. The summed E-state index contributed by atoms with van der Waals surface area (Å²) in [6.45, 7) is 0.800. The van der Waals surface area contributed by atoms with Crippen LogP contribution in [0.5, 0.6) is 0 Å². The normalized spacial score (nSPS) is 13.9. The summed E-state index contributed by atoms with van der Waals surface area (Å²) in [6, 6.07) is 12.5. The van der Waals surface area contributed by atoms with Gasteiger partial charge in [-0.05, 0) is 30.3 Å². The van der Waals surface area contributed by atoms with Gasteiger partial charge in [0.15, 0.2) is 0 Å². The second kappa shape index (κ2) is 5.85. The summed E-state index contributed by atoms with van der Waals surface area (Å²) in [5.41, 5.74) is 1.06. The van der Waals surface area contributed by atoms with E-state index in [1.807, 2.05) is 0 Å². The molecule has 1 heterocycles. The topological polar surface area (TPSA) is 58.6 Å². The van der Waals surface area contributed by atoms with Crippen molar-refractivity contribution in [3.63, 3.8) is 0 Å². The van der Waals surface area contributed by atoms with E-state index in [1.54, 1.807) is 30.3 Å². The lowest BCUT2D eigenvalue weighted by molar-refractivity contribution is 0.102. The van der Waals surface area contributed by atoms with E-state index in [0.29, 0.717) is 24.5 Å². The molecule has 0 saturated carbocycles. The minimum absolute atomic E-state index is 0.0338. The molecule has 1 aliphatic heterocycles. The van der Waals surface area contributed by atoms with Gasteiger partial charge in [0, 0.05) is 11.4 Å². The molecule has 0 unspecified atom stereocenters. The molecule has 1 N–H and O–H groups in total. The first kappa shape index (κ1) is 14.1. The second-order valence-electron chi connectivity index (χ2n) is 4.75. The lowest BCUT2D eigenvalue weighted by Gasteiger charge is -2.14. The highest BCUT2D eigenvalue weighted by atomic mass is 19.1. The summed E-state index contributed by atoms with van der Waals surface area (Å²) in [5.74, 6) is -1.13. The standard InChI is InChI=1S/C16H13FN2O3/c17-14-7-2-1-6-13(14)15(20)18-11-4-3-5-12(10-11)19-8-9-22-16(19)21/h1-7,10H,8-9H2,(H,18,20). The summed E-state index contributed by atoms with van der Waals surface area (Å²) in [5, 5.41) is 2.62. The number of nitrogens with one attached hydrogen (secondary N) is 1. The summed E-state index contributed by atoms with van der Waals surface area (Å²) >= 11 is 0. The van der Waals surface area contributed by atoms with Crippen LogP contribution >= 0.6 is 0 Å². The molecule has 0 bridgehead atoms. The number of hydrogen-bond donors (Lipinski definition) is 1. The number of carbonyl (C=O) groups is 2. The SMILES string of the molecule is O=C(Nc1cccc(N2CCOC2=O)c1)c1ccccc1F. The molecule has 6 heteroatoms. The number of benzene rings is 2. The fourth-order valence-corrected chi connectivity index (χ4v) is 2.22. The van der Waals surface area contributed by atoms with Gasteiger partial charge in [0.25, 0.3) is 5.91 Å². The van der Waals surface area contributed by atoms with Gasteiger partial charge in [0.2, 0.25) is 0 Å². The third-order valence-corrected chi connectivity index (χ3v) is 3.29. The summed E-state index contributed by atoms with van der Waals surface area (Å²) in [6.07, 6.45) is -0.419. The second-order valence-corrected chi connectivity index (χ2v) is 4.75. The van der Waals surface area contributed by atoms with Gasteiger partial charge < -0.3 is 10.1 Å². The van der Waals surface area contributed by atoms with Crippen LogP contribution in [0.4, 0.5) is 20.6 Å². The lowest BCUT2D eigenvalue weighted by Crippen LogP contribution is -2.23. The van der Waals surface area contributed by atoms with Gasteiger partial charge >= 0.3 is 6.09 Å². The zero-order chi connectivity index (χ0) is 15.5. The predicted octanol–water partition coefficient (Wildman–Crippen LogP) is 3.03. The number of halogens is 1.